The molecule has 2 atom stereocenters. The summed E-state index contributed by atoms with van der Waals surface area (Å²) in [7, 11) is -4.11. The lowest BCUT2D eigenvalue weighted by atomic mass is 9.85. The Morgan fingerprint density at radius 3 is 2.17 bits per heavy atom. The topological polar surface area (TPSA) is 54.5 Å². The lowest BCUT2D eigenvalue weighted by molar-refractivity contribution is -0.118. The van der Waals surface area contributed by atoms with Gasteiger partial charge in [-0.25, -0.2) is 17.2 Å². The van der Waals surface area contributed by atoms with Crippen LogP contribution in [-0.2, 0) is 14.8 Å². The third-order valence-corrected chi connectivity index (χ3v) is 8.61. The van der Waals surface area contributed by atoms with Crippen molar-refractivity contribution in [3.63, 3.8) is 0 Å². The van der Waals surface area contributed by atoms with Crippen LogP contribution in [-0.4, -0.2) is 24.0 Å². The molecule has 160 valence electrons. The summed E-state index contributed by atoms with van der Waals surface area (Å²) < 4.78 is 56.5. The molecule has 0 amide bonds. The van der Waals surface area contributed by atoms with Crippen LogP contribution in [0, 0.1) is 17.0 Å². The van der Waals surface area contributed by atoms with Crippen molar-refractivity contribution in [2.45, 2.75) is 49.1 Å². The van der Waals surface area contributed by atoms with Gasteiger partial charge in [0.1, 0.15) is 11.6 Å². The van der Waals surface area contributed by atoms with Gasteiger partial charge < -0.3 is 0 Å². The number of benzene rings is 2. The molecular formula is C21H19Cl2F2NO3S. The van der Waals surface area contributed by atoms with Gasteiger partial charge in [-0.15, -0.1) is 0 Å². The first-order chi connectivity index (χ1) is 14.1. The molecule has 1 aliphatic heterocycles. The second-order valence-electron chi connectivity index (χ2n) is 7.88. The van der Waals surface area contributed by atoms with E-state index in [1.807, 2.05) is 0 Å². The average Bonchev–Trinajstić information content (AvgIpc) is 3.49. The average molecular weight is 474 g/mol. The van der Waals surface area contributed by atoms with Crippen molar-refractivity contribution in [1.82, 2.24) is 4.31 Å². The van der Waals surface area contributed by atoms with E-state index in [9.17, 15) is 22.0 Å². The number of hydrogen-bond donors (Lipinski definition) is 0. The highest BCUT2D eigenvalue weighted by molar-refractivity contribution is 7.89. The van der Waals surface area contributed by atoms with Gasteiger partial charge in [0.2, 0.25) is 15.3 Å². The summed E-state index contributed by atoms with van der Waals surface area (Å²) in [6.45, 7) is 0. The maximum absolute atomic E-state index is 13.9. The fourth-order valence-electron chi connectivity index (χ4n) is 4.44. The zero-order valence-corrected chi connectivity index (χ0v) is 18.2. The molecular weight excluding hydrogens is 455 g/mol. The molecule has 0 unspecified atom stereocenters. The molecule has 0 radical (unpaired) electrons. The molecule has 9 heteroatoms. The molecule has 2 aliphatic rings. The van der Waals surface area contributed by atoms with E-state index in [4.69, 9.17) is 23.2 Å². The Kier molecular flexibility index (Phi) is 5.68. The van der Waals surface area contributed by atoms with E-state index in [2.05, 4.69) is 0 Å². The van der Waals surface area contributed by atoms with E-state index >= 15 is 0 Å². The van der Waals surface area contributed by atoms with Crippen LogP contribution in [0.3, 0.4) is 0 Å². The van der Waals surface area contributed by atoms with Crippen LogP contribution >= 0.6 is 23.2 Å². The molecule has 4 rings (SSSR count). The zero-order valence-electron chi connectivity index (χ0n) is 15.8. The van der Waals surface area contributed by atoms with Crippen molar-refractivity contribution in [3.8, 4) is 0 Å². The Morgan fingerprint density at radius 1 is 1.03 bits per heavy atom. The number of piperidine rings is 1. The highest BCUT2D eigenvalue weighted by atomic mass is 35.5. The SMILES string of the molecule is O=C(Cl)C1([C@@H]2CCC[C@H](c3cc(F)cc(F)c3)N2S(=O)(=O)c2ccc(Cl)cc2)CC1. The predicted octanol–water partition coefficient (Wildman–Crippen LogP) is 5.45. The molecule has 1 heterocycles. The summed E-state index contributed by atoms with van der Waals surface area (Å²) in [6.07, 6.45) is 2.39. The second-order valence-corrected chi connectivity index (χ2v) is 10.5. The number of halogens is 4. The van der Waals surface area contributed by atoms with Gasteiger partial charge in [-0.3, -0.25) is 4.79 Å². The maximum Gasteiger partial charge on any atom is 0.243 e. The van der Waals surface area contributed by atoms with Gasteiger partial charge >= 0.3 is 0 Å². The number of sulfonamides is 1. The van der Waals surface area contributed by atoms with Crippen molar-refractivity contribution in [2.24, 2.45) is 5.41 Å². The van der Waals surface area contributed by atoms with Crippen molar-refractivity contribution in [2.75, 3.05) is 0 Å². The summed E-state index contributed by atoms with van der Waals surface area (Å²) in [5.41, 5.74) is -0.751. The lowest BCUT2D eigenvalue weighted by Gasteiger charge is -2.44. The molecule has 2 aromatic rings. The van der Waals surface area contributed by atoms with E-state index in [0.29, 0.717) is 37.1 Å². The minimum absolute atomic E-state index is 0.00139. The van der Waals surface area contributed by atoms with E-state index in [-0.39, 0.29) is 10.5 Å². The smallest absolute Gasteiger partial charge is 0.243 e. The first-order valence-corrected chi connectivity index (χ1v) is 11.8. The summed E-state index contributed by atoms with van der Waals surface area (Å²) >= 11 is 11.8. The first-order valence-electron chi connectivity index (χ1n) is 9.60. The number of rotatable bonds is 5. The Morgan fingerprint density at radius 2 is 1.63 bits per heavy atom. The monoisotopic (exact) mass is 473 g/mol. The minimum Gasteiger partial charge on any atom is -0.281 e. The fourth-order valence-corrected chi connectivity index (χ4v) is 6.80. The predicted molar refractivity (Wildman–Crippen MR) is 110 cm³/mol. The summed E-state index contributed by atoms with van der Waals surface area (Å²) in [6, 6.07) is 7.21. The molecule has 0 spiro atoms. The molecule has 0 bridgehead atoms. The molecule has 1 saturated carbocycles. The summed E-state index contributed by atoms with van der Waals surface area (Å²) in [5.74, 6) is -1.57. The van der Waals surface area contributed by atoms with Gasteiger partial charge in [-0.2, -0.15) is 4.31 Å². The molecule has 1 saturated heterocycles. The van der Waals surface area contributed by atoms with Crippen LogP contribution < -0.4 is 0 Å². The third-order valence-electron chi connectivity index (χ3n) is 6.05. The van der Waals surface area contributed by atoms with Crippen LogP contribution in [0.5, 0.6) is 0 Å². The number of carbonyl (C=O) groups is 1. The van der Waals surface area contributed by atoms with Gasteiger partial charge in [0.15, 0.2) is 0 Å². The van der Waals surface area contributed by atoms with E-state index in [1.165, 1.54) is 28.6 Å². The van der Waals surface area contributed by atoms with Gasteiger partial charge in [0.25, 0.3) is 0 Å². The van der Waals surface area contributed by atoms with E-state index in [1.54, 1.807) is 0 Å². The third kappa shape index (κ3) is 3.77. The van der Waals surface area contributed by atoms with Crippen molar-refractivity contribution in [1.29, 1.82) is 0 Å². The van der Waals surface area contributed by atoms with Gasteiger partial charge in [-0.05, 0) is 85.7 Å². The van der Waals surface area contributed by atoms with Crippen molar-refractivity contribution < 1.29 is 22.0 Å². The van der Waals surface area contributed by atoms with Crippen LogP contribution in [0.2, 0.25) is 5.02 Å². The van der Waals surface area contributed by atoms with Crippen molar-refractivity contribution >= 4 is 38.5 Å². The van der Waals surface area contributed by atoms with Crippen molar-refractivity contribution in [3.05, 3.63) is 64.7 Å². The van der Waals surface area contributed by atoms with Gasteiger partial charge in [0, 0.05) is 17.1 Å². The number of hydrogen-bond acceptors (Lipinski definition) is 3. The Balaban J connectivity index is 1.87. The fraction of sp³-hybridized carbons (Fsp3) is 0.381. The molecule has 4 nitrogen and oxygen atoms in total. The van der Waals surface area contributed by atoms with E-state index in [0.717, 1.165) is 18.2 Å². The highest BCUT2D eigenvalue weighted by Gasteiger charge is 2.60. The standard InChI is InChI=1S/C21H19Cl2F2NO3S/c22-14-4-6-17(7-5-14)30(28,29)26-18(13-10-15(24)12-16(25)11-13)2-1-3-19(26)21(8-9-21)20(23)27/h4-7,10-12,18-19H,1-3,8-9H2/t18-,19+/m1/s1. The Hall–Kier alpha value is -1.54. The molecule has 2 aromatic carbocycles. The number of carbonyl (C=O) groups excluding carboxylic acids is 1. The molecule has 2 fully saturated rings. The van der Waals surface area contributed by atoms with E-state index < -0.39 is 44.4 Å². The molecule has 30 heavy (non-hydrogen) atoms. The van der Waals surface area contributed by atoms with Gasteiger partial charge in [0.05, 0.1) is 16.4 Å². The zero-order chi connectivity index (χ0) is 21.7. The molecule has 0 aromatic heterocycles. The second kappa shape index (κ2) is 7.86. The van der Waals surface area contributed by atoms with Gasteiger partial charge in [-0.1, -0.05) is 11.6 Å². The van der Waals surface area contributed by atoms with Crippen LogP contribution in [0.4, 0.5) is 8.78 Å². The summed E-state index contributed by atoms with van der Waals surface area (Å²) in [5, 5.41) is -0.197. The van der Waals surface area contributed by atoms with Crippen LogP contribution in [0.15, 0.2) is 47.4 Å². The Bertz CT molecular complexity index is 1070. The molecule has 0 N–H and O–H groups in total. The number of nitrogens with zero attached hydrogens (tertiary/aromatic N) is 1. The Labute approximate surface area is 183 Å². The highest BCUT2D eigenvalue weighted by Crippen LogP contribution is 2.57. The normalized spacial score (nSPS) is 23.9. The van der Waals surface area contributed by atoms with Crippen LogP contribution in [0.1, 0.15) is 43.7 Å². The minimum atomic E-state index is -4.11. The van der Waals surface area contributed by atoms with Crippen LogP contribution in [0.25, 0.3) is 0 Å². The maximum atomic E-state index is 13.9. The summed E-state index contributed by atoms with van der Waals surface area (Å²) in [4.78, 5) is 12.2. The first kappa shape index (κ1) is 21.7. The lowest BCUT2D eigenvalue weighted by Crippen LogP contribution is -2.51. The quantitative estimate of drug-likeness (QED) is 0.542. The largest absolute Gasteiger partial charge is 0.281 e. The molecule has 1 aliphatic carbocycles.